The van der Waals surface area contributed by atoms with Crippen molar-refractivity contribution in [3.05, 3.63) is 66.0 Å². The van der Waals surface area contributed by atoms with Crippen LogP contribution in [0.1, 0.15) is 38.0 Å². The predicted molar refractivity (Wildman–Crippen MR) is 103 cm³/mol. The molecule has 4 heteroatoms. The molecule has 0 saturated carbocycles. The number of aromatic nitrogens is 1. The smallest absolute Gasteiger partial charge is 0.192 e. The lowest BCUT2D eigenvalue weighted by Gasteiger charge is -2.39. The normalized spacial score (nSPS) is 13.7. The number of rotatable bonds is 7. The lowest BCUT2D eigenvalue weighted by atomic mass is 10.1. The molecule has 24 heavy (non-hydrogen) atoms. The fourth-order valence-electron chi connectivity index (χ4n) is 2.27. The molecule has 0 fully saturated rings. The third-order valence-electron chi connectivity index (χ3n) is 4.80. The van der Waals surface area contributed by atoms with Gasteiger partial charge >= 0.3 is 0 Å². The first-order valence-corrected chi connectivity index (χ1v) is 11.5. The second-order valence-corrected chi connectivity index (χ2v) is 12.5. The number of pyridine rings is 1. The standard InChI is InChI=1S/C20H30N2OSi/c1-20(2,3)24(4,5)23-19(18-12-9-13-21-15-18)16-22-14-17-10-7-6-8-11-17/h6-13,15,19,22H,14,16H2,1-5H3/t19-/m0/s1. The van der Waals surface area contributed by atoms with Crippen LogP contribution in [0.15, 0.2) is 54.9 Å². The molecule has 0 aliphatic rings. The van der Waals surface area contributed by atoms with Gasteiger partial charge in [0.25, 0.3) is 0 Å². The molecule has 1 N–H and O–H groups in total. The van der Waals surface area contributed by atoms with Gasteiger partial charge in [-0.1, -0.05) is 57.2 Å². The van der Waals surface area contributed by atoms with Crippen LogP contribution in [0.4, 0.5) is 0 Å². The zero-order valence-electron chi connectivity index (χ0n) is 15.5. The van der Waals surface area contributed by atoms with Crippen molar-refractivity contribution in [2.45, 2.75) is 51.6 Å². The fourth-order valence-corrected chi connectivity index (χ4v) is 3.55. The van der Waals surface area contributed by atoms with E-state index in [0.717, 1.165) is 18.7 Å². The minimum absolute atomic E-state index is 0.0308. The van der Waals surface area contributed by atoms with Gasteiger partial charge in [-0.05, 0) is 35.3 Å². The van der Waals surface area contributed by atoms with Crippen LogP contribution in [0.25, 0.3) is 0 Å². The van der Waals surface area contributed by atoms with E-state index in [1.165, 1.54) is 5.56 Å². The zero-order valence-corrected chi connectivity index (χ0v) is 16.5. The van der Waals surface area contributed by atoms with E-state index in [1.807, 2.05) is 24.5 Å². The van der Waals surface area contributed by atoms with Gasteiger partial charge in [0.05, 0.1) is 6.10 Å². The summed E-state index contributed by atoms with van der Waals surface area (Å²) in [5, 5.41) is 3.73. The topological polar surface area (TPSA) is 34.1 Å². The van der Waals surface area contributed by atoms with Crippen molar-refractivity contribution in [3.63, 3.8) is 0 Å². The molecule has 0 aliphatic heterocycles. The molecule has 1 atom stereocenters. The Morgan fingerprint density at radius 1 is 1.08 bits per heavy atom. The molecule has 0 amide bonds. The molecule has 1 aromatic carbocycles. The van der Waals surface area contributed by atoms with Gasteiger partial charge < -0.3 is 9.74 Å². The van der Waals surface area contributed by atoms with Gasteiger partial charge in [0.2, 0.25) is 0 Å². The molecule has 2 aromatic rings. The van der Waals surface area contributed by atoms with Crippen LogP contribution >= 0.6 is 0 Å². The summed E-state index contributed by atoms with van der Waals surface area (Å²) in [6.07, 6.45) is 3.76. The molecule has 1 aromatic heterocycles. The van der Waals surface area contributed by atoms with Gasteiger partial charge in [0.1, 0.15) is 0 Å². The quantitative estimate of drug-likeness (QED) is 0.724. The first-order valence-electron chi connectivity index (χ1n) is 8.62. The Bertz CT molecular complexity index is 609. The number of hydrogen-bond donors (Lipinski definition) is 1. The lowest BCUT2D eigenvalue weighted by Crippen LogP contribution is -2.43. The molecular weight excluding hydrogens is 312 g/mol. The Balaban J connectivity index is 2.06. The van der Waals surface area contributed by atoms with E-state index in [0.29, 0.717) is 0 Å². The Hall–Kier alpha value is -1.49. The molecular formula is C20H30N2OSi. The van der Waals surface area contributed by atoms with E-state index in [4.69, 9.17) is 4.43 Å². The van der Waals surface area contributed by atoms with E-state index in [9.17, 15) is 0 Å². The van der Waals surface area contributed by atoms with Gasteiger partial charge in [-0.15, -0.1) is 0 Å². The highest BCUT2D eigenvalue weighted by Gasteiger charge is 2.39. The van der Waals surface area contributed by atoms with Crippen LogP contribution in [0.5, 0.6) is 0 Å². The van der Waals surface area contributed by atoms with Crippen molar-refractivity contribution in [1.29, 1.82) is 0 Å². The Kier molecular flexibility index (Phi) is 6.32. The highest BCUT2D eigenvalue weighted by Crippen LogP contribution is 2.39. The SMILES string of the molecule is CC(C)(C)[Si](C)(C)O[C@@H](CNCc1ccccc1)c1cccnc1. The predicted octanol–water partition coefficient (Wildman–Crippen LogP) is 4.93. The van der Waals surface area contributed by atoms with Gasteiger partial charge in [-0.25, -0.2) is 0 Å². The van der Waals surface area contributed by atoms with Crippen molar-refractivity contribution in [1.82, 2.24) is 10.3 Å². The van der Waals surface area contributed by atoms with Gasteiger partial charge in [-0.3, -0.25) is 4.98 Å². The summed E-state index contributed by atoms with van der Waals surface area (Å²) in [6.45, 7) is 13.1. The van der Waals surface area contributed by atoms with Crippen LogP contribution in [-0.4, -0.2) is 19.8 Å². The maximum Gasteiger partial charge on any atom is 0.192 e. The Morgan fingerprint density at radius 3 is 2.38 bits per heavy atom. The summed E-state index contributed by atoms with van der Waals surface area (Å²) < 4.78 is 6.66. The first kappa shape index (κ1) is 18.8. The average molecular weight is 343 g/mol. The summed E-state index contributed by atoms with van der Waals surface area (Å²) in [4.78, 5) is 4.27. The van der Waals surface area contributed by atoms with Crippen molar-refractivity contribution >= 4 is 8.32 Å². The largest absolute Gasteiger partial charge is 0.409 e. The van der Waals surface area contributed by atoms with Crippen LogP contribution in [0.3, 0.4) is 0 Å². The van der Waals surface area contributed by atoms with Crippen molar-refractivity contribution in [3.8, 4) is 0 Å². The minimum Gasteiger partial charge on any atom is -0.409 e. The molecule has 3 nitrogen and oxygen atoms in total. The van der Waals surface area contributed by atoms with Gasteiger partial charge in [0.15, 0.2) is 8.32 Å². The lowest BCUT2D eigenvalue weighted by molar-refractivity contribution is 0.179. The highest BCUT2D eigenvalue weighted by molar-refractivity contribution is 6.74. The van der Waals surface area contributed by atoms with E-state index in [-0.39, 0.29) is 11.1 Å². The molecule has 0 spiro atoms. The maximum atomic E-state index is 6.66. The summed E-state index contributed by atoms with van der Waals surface area (Å²) >= 11 is 0. The van der Waals surface area contributed by atoms with Gasteiger partial charge in [-0.2, -0.15) is 0 Å². The van der Waals surface area contributed by atoms with E-state index in [1.54, 1.807) is 0 Å². The third kappa shape index (κ3) is 5.26. The van der Waals surface area contributed by atoms with E-state index in [2.05, 4.69) is 74.5 Å². The second-order valence-electron chi connectivity index (χ2n) is 7.77. The van der Waals surface area contributed by atoms with Gasteiger partial charge in [0, 0.05) is 25.5 Å². The highest BCUT2D eigenvalue weighted by atomic mass is 28.4. The first-order chi connectivity index (χ1) is 11.3. The number of nitrogens with zero attached hydrogens (tertiary/aromatic N) is 1. The summed E-state index contributed by atoms with van der Waals surface area (Å²) in [6, 6.07) is 14.6. The van der Waals surface area contributed by atoms with Crippen molar-refractivity contribution in [2.24, 2.45) is 0 Å². The average Bonchev–Trinajstić information content (AvgIpc) is 2.54. The molecule has 0 saturated heterocycles. The maximum absolute atomic E-state index is 6.66. The summed E-state index contributed by atoms with van der Waals surface area (Å²) in [5.74, 6) is 0. The molecule has 1 heterocycles. The number of hydrogen-bond acceptors (Lipinski definition) is 3. The number of benzene rings is 1. The van der Waals surface area contributed by atoms with Crippen LogP contribution < -0.4 is 5.32 Å². The molecule has 2 rings (SSSR count). The van der Waals surface area contributed by atoms with Crippen LogP contribution in [0.2, 0.25) is 18.1 Å². The summed E-state index contributed by atoms with van der Waals surface area (Å²) in [7, 11) is -1.85. The molecule has 0 unspecified atom stereocenters. The molecule has 0 radical (unpaired) electrons. The Labute approximate surface area is 147 Å². The monoisotopic (exact) mass is 342 g/mol. The van der Waals surface area contributed by atoms with Crippen LogP contribution in [0, 0.1) is 0 Å². The second kappa shape index (κ2) is 8.06. The minimum atomic E-state index is -1.85. The fraction of sp³-hybridized carbons (Fsp3) is 0.450. The Morgan fingerprint density at radius 2 is 1.79 bits per heavy atom. The number of nitrogens with one attached hydrogen (secondary N) is 1. The van der Waals surface area contributed by atoms with Crippen molar-refractivity contribution < 1.29 is 4.43 Å². The molecule has 0 aliphatic carbocycles. The molecule has 0 bridgehead atoms. The van der Waals surface area contributed by atoms with E-state index < -0.39 is 8.32 Å². The molecule has 130 valence electrons. The van der Waals surface area contributed by atoms with Crippen LogP contribution in [-0.2, 0) is 11.0 Å². The van der Waals surface area contributed by atoms with Crippen molar-refractivity contribution in [2.75, 3.05) is 6.54 Å². The zero-order chi connectivity index (χ0) is 17.6. The summed E-state index contributed by atoms with van der Waals surface area (Å²) in [5.41, 5.74) is 2.43. The third-order valence-corrected chi connectivity index (χ3v) is 9.29. The van der Waals surface area contributed by atoms with E-state index >= 15 is 0 Å².